The van der Waals surface area contributed by atoms with Crippen molar-refractivity contribution in [2.75, 3.05) is 13.2 Å². The van der Waals surface area contributed by atoms with E-state index < -0.39 is 0 Å². The first-order chi connectivity index (χ1) is 14.8. The van der Waals surface area contributed by atoms with Gasteiger partial charge in [-0.15, -0.1) is 0 Å². The van der Waals surface area contributed by atoms with Crippen molar-refractivity contribution in [2.45, 2.75) is 117 Å². The van der Waals surface area contributed by atoms with Gasteiger partial charge in [0.05, 0.1) is 13.2 Å². The maximum atomic E-state index is 11.2. The van der Waals surface area contributed by atoms with Crippen molar-refractivity contribution >= 4 is 6.29 Å². The van der Waals surface area contributed by atoms with Crippen LogP contribution in [0.25, 0.3) is 0 Å². The van der Waals surface area contributed by atoms with Gasteiger partial charge >= 0.3 is 0 Å². The van der Waals surface area contributed by atoms with Crippen molar-refractivity contribution in [1.29, 1.82) is 0 Å². The van der Waals surface area contributed by atoms with Gasteiger partial charge in [-0.05, 0) is 25.0 Å². The summed E-state index contributed by atoms with van der Waals surface area (Å²) in [6.45, 7) is 5.91. The minimum atomic E-state index is 0.620. The van der Waals surface area contributed by atoms with Gasteiger partial charge in [-0.25, -0.2) is 0 Å². The average Bonchev–Trinajstić information content (AvgIpc) is 2.76. The van der Waals surface area contributed by atoms with Gasteiger partial charge in [-0.3, -0.25) is 4.79 Å². The molecule has 0 radical (unpaired) electrons. The van der Waals surface area contributed by atoms with E-state index in [9.17, 15) is 4.79 Å². The highest BCUT2D eigenvalue weighted by atomic mass is 16.5. The minimum absolute atomic E-state index is 0.620. The summed E-state index contributed by atoms with van der Waals surface area (Å²) in [6, 6.07) is 5.53. The van der Waals surface area contributed by atoms with Gasteiger partial charge in [0.15, 0.2) is 0 Å². The Bertz CT molecular complexity index is 487. The van der Waals surface area contributed by atoms with E-state index in [2.05, 4.69) is 13.8 Å². The Labute approximate surface area is 185 Å². The lowest BCUT2D eigenvalue weighted by Crippen LogP contribution is -2.01. The predicted molar refractivity (Wildman–Crippen MR) is 128 cm³/mol. The summed E-state index contributed by atoms with van der Waals surface area (Å²) < 4.78 is 11.8. The van der Waals surface area contributed by atoms with E-state index in [4.69, 9.17) is 9.47 Å². The van der Waals surface area contributed by atoms with Crippen LogP contribution in [0.3, 0.4) is 0 Å². The van der Waals surface area contributed by atoms with Gasteiger partial charge in [0, 0.05) is 11.6 Å². The lowest BCUT2D eigenvalue weighted by Gasteiger charge is -2.11. The monoisotopic (exact) mass is 418 g/mol. The molecule has 3 nitrogen and oxygen atoms in total. The number of benzene rings is 1. The predicted octanol–water partition coefficient (Wildman–Crippen LogP) is 8.54. The number of carbonyl (C=O) groups is 1. The van der Waals surface area contributed by atoms with Crippen molar-refractivity contribution in [3.8, 4) is 11.5 Å². The van der Waals surface area contributed by atoms with Crippen LogP contribution in [0.1, 0.15) is 127 Å². The van der Waals surface area contributed by atoms with Crippen molar-refractivity contribution < 1.29 is 14.3 Å². The molecule has 1 rings (SSSR count). The van der Waals surface area contributed by atoms with Crippen LogP contribution in [0, 0.1) is 0 Å². The Morgan fingerprint density at radius 3 is 1.30 bits per heavy atom. The highest BCUT2D eigenvalue weighted by molar-refractivity contribution is 5.76. The molecule has 0 saturated carbocycles. The maximum absolute atomic E-state index is 11.2. The number of aldehydes is 1. The summed E-state index contributed by atoms with van der Waals surface area (Å²) in [5.41, 5.74) is 0.620. The molecule has 30 heavy (non-hydrogen) atoms. The van der Waals surface area contributed by atoms with Crippen molar-refractivity contribution in [3.63, 3.8) is 0 Å². The molecule has 0 aliphatic rings. The van der Waals surface area contributed by atoms with Gasteiger partial charge in [0.1, 0.15) is 17.8 Å². The van der Waals surface area contributed by atoms with Crippen LogP contribution in [-0.4, -0.2) is 19.5 Å². The van der Waals surface area contributed by atoms with Crippen LogP contribution < -0.4 is 9.47 Å². The Balaban J connectivity index is 2.18. The molecule has 0 aliphatic carbocycles. The molecule has 3 heteroatoms. The fourth-order valence-electron chi connectivity index (χ4n) is 3.68. The lowest BCUT2D eigenvalue weighted by molar-refractivity contribution is 0.112. The zero-order valence-corrected chi connectivity index (χ0v) is 19.8. The molecule has 172 valence electrons. The van der Waals surface area contributed by atoms with Crippen LogP contribution in [0.2, 0.25) is 0 Å². The van der Waals surface area contributed by atoms with Gasteiger partial charge < -0.3 is 9.47 Å². The van der Waals surface area contributed by atoms with E-state index >= 15 is 0 Å². The molecule has 0 spiro atoms. The first-order valence-corrected chi connectivity index (χ1v) is 12.7. The molecule has 0 amide bonds. The summed E-state index contributed by atoms with van der Waals surface area (Å²) in [5.74, 6) is 1.49. The molecule has 1 aromatic carbocycles. The molecule has 0 atom stereocenters. The molecule has 0 aliphatic heterocycles. The van der Waals surface area contributed by atoms with Crippen LogP contribution in [0.5, 0.6) is 11.5 Å². The zero-order chi connectivity index (χ0) is 21.7. The Kier molecular flexibility index (Phi) is 17.2. The van der Waals surface area contributed by atoms with Crippen LogP contribution in [0.4, 0.5) is 0 Å². The second-order valence-corrected chi connectivity index (χ2v) is 8.50. The summed E-state index contributed by atoms with van der Waals surface area (Å²) in [4.78, 5) is 11.2. The van der Waals surface area contributed by atoms with E-state index in [0.29, 0.717) is 18.8 Å². The van der Waals surface area contributed by atoms with E-state index in [0.717, 1.165) is 30.6 Å². The number of unbranched alkanes of at least 4 members (excludes halogenated alkanes) is 14. The minimum Gasteiger partial charge on any atom is -0.493 e. The zero-order valence-electron chi connectivity index (χ0n) is 19.8. The van der Waals surface area contributed by atoms with Crippen LogP contribution in [0.15, 0.2) is 18.2 Å². The average molecular weight is 419 g/mol. The van der Waals surface area contributed by atoms with E-state index in [1.165, 1.54) is 89.9 Å². The van der Waals surface area contributed by atoms with Gasteiger partial charge in [-0.1, -0.05) is 104 Å². The third-order valence-electron chi connectivity index (χ3n) is 5.57. The quantitative estimate of drug-likeness (QED) is 0.148. The van der Waals surface area contributed by atoms with E-state index in [1.807, 2.05) is 6.07 Å². The summed E-state index contributed by atoms with van der Waals surface area (Å²) in [6.07, 6.45) is 21.4. The lowest BCUT2D eigenvalue weighted by atomic mass is 10.1. The molecule has 0 aromatic heterocycles. The molecule has 1 aromatic rings. The molecule has 0 heterocycles. The summed E-state index contributed by atoms with van der Waals surface area (Å²) in [7, 11) is 0. The van der Waals surface area contributed by atoms with Gasteiger partial charge in [-0.2, -0.15) is 0 Å². The normalized spacial score (nSPS) is 10.9. The Morgan fingerprint density at radius 2 is 0.933 bits per heavy atom. The molecule has 0 fully saturated rings. The Hall–Kier alpha value is -1.51. The molecular weight excluding hydrogens is 372 g/mol. The smallest absolute Gasteiger partial charge is 0.150 e. The topological polar surface area (TPSA) is 35.5 Å². The highest BCUT2D eigenvalue weighted by Crippen LogP contribution is 2.23. The molecule has 0 N–H and O–H groups in total. The molecule has 0 saturated heterocycles. The summed E-state index contributed by atoms with van der Waals surface area (Å²) >= 11 is 0. The molecule has 0 unspecified atom stereocenters. The number of carbonyl (C=O) groups excluding carboxylic acids is 1. The first kappa shape index (κ1) is 26.5. The number of hydrogen-bond donors (Lipinski definition) is 0. The van der Waals surface area contributed by atoms with E-state index in [-0.39, 0.29) is 0 Å². The number of hydrogen-bond acceptors (Lipinski definition) is 3. The fraction of sp³-hybridized carbons (Fsp3) is 0.741. The second-order valence-electron chi connectivity index (χ2n) is 8.50. The third kappa shape index (κ3) is 14.5. The largest absolute Gasteiger partial charge is 0.493 e. The maximum Gasteiger partial charge on any atom is 0.150 e. The Morgan fingerprint density at radius 1 is 0.567 bits per heavy atom. The van der Waals surface area contributed by atoms with Gasteiger partial charge in [0.2, 0.25) is 0 Å². The van der Waals surface area contributed by atoms with Crippen LogP contribution >= 0.6 is 0 Å². The molecule has 0 bridgehead atoms. The molecular formula is C27H46O3. The third-order valence-corrected chi connectivity index (χ3v) is 5.57. The number of rotatable bonds is 21. The highest BCUT2D eigenvalue weighted by Gasteiger charge is 2.04. The van der Waals surface area contributed by atoms with Crippen molar-refractivity contribution in [2.24, 2.45) is 0 Å². The first-order valence-electron chi connectivity index (χ1n) is 12.7. The van der Waals surface area contributed by atoms with Gasteiger partial charge in [0.25, 0.3) is 0 Å². The fourth-order valence-corrected chi connectivity index (χ4v) is 3.68. The summed E-state index contributed by atoms with van der Waals surface area (Å²) in [5, 5.41) is 0. The standard InChI is InChI=1S/C27H46O3/c1-3-5-7-9-11-13-15-17-19-29-26-21-25(24-28)22-27(23-26)30-20-18-16-14-12-10-8-6-4-2/h21-24H,3-20H2,1-2H3. The van der Waals surface area contributed by atoms with Crippen molar-refractivity contribution in [1.82, 2.24) is 0 Å². The SMILES string of the molecule is CCCCCCCCCCOc1cc(C=O)cc(OCCCCCCCCCC)c1. The van der Waals surface area contributed by atoms with E-state index in [1.54, 1.807) is 12.1 Å². The van der Waals surface area contributed by atoms with Crippen LogP contribution in [-0.2, 0) is 0 Å². The number of ether oxygens (including phenoxy) is 2. The van der Waals surface area contributed by atoms with Crippen molar-refractivity contribution in [3.05, 3.63) is 23.8 Å². The second kappa shape index (κ2) is 19.5.